The first-order valence-electron chi connectivity index (χ1n) is 8.93. The minimum atomic E-state index is -0.452. The molecule has 2 amide bonds. The molecule has 4 rings (SSSR count). The van der Waals surface area contributed by atoms with E-state index in [1.54, 1.807) is 6.07 Å². The zero-order valence-corrected chi connectivity index (χ0v) is 13.7. The maximum absolute atomic E-state index is 12.3. The van der Waals surface area contributed by atoms with Crippen LogP contribution in [0.2, 0.25) is 0 Å². The smallest absolute Gasteiger partial charge is 0.276 e. The third-order valence-corrected chi connectivity index (χ3v) is 4.91. The molecular formula is C18H23N3O3. The van der Waals surface area contributed by atoms with Crippen LogP contribution in [0.15, 0.2) is 12.1 Å². The number of nitrogens with one attached hydrogen (secondary N) is 2. The van der Waals surface area contributed by atoms with E-state index in [0.29, 0.717) is 24.3 Å². The Hall–Kier alpha value is -1.95. The summed E-state index contributed by atoms with van der Waals surface area (Å²) in [5.74, 6) is 0.987. The minimum absolute atomic E-state index is 0.247. The number of carbonyl (C=O) groups excluding carboxylic acids is 2. The number of imide groups is 1. The normalized spacial score (nSPS) is 23.1. The Labute approximate surface area is 141 Å². The Kier molecular flexibility index (Phi) is 4.22. The van der Waals surface area contributed by atoms with Crippen LogP contribution >= 0.6 is 0 Å². The summed E-state index contributed by atoms with van der Waals surface area (Å²) in [5, 5.41) is 5.54. The molecule has 2 N–H and O–H groups in total. The monoisotopic (exact) mass is 329 g/mol. The van der Waals surface area contributed by atoms with Gasteiger partial charge in [-0.05, 0) is 63.0 Å². The molecule has 1 aromatic heterocycles. The molecule has 6 nitrogen and oxygen atoms in total. The molecule has 0 spiro atoms. The summed E-state index contributed by atoms with van der Waals surface area (Å²) >= 11 is 0. The largest absolute Gasteiger partial charge is 0.477 e. The second-order valence-electron chi connectivity index (χ2n) is 7.09. The molecular weight excluding hydrogens is 306 g/mol. The summed E-state index contributed by atoms with van der Waals surface area (Å²) in [6.45, 7) is 1.49. The Morgan fingerprint density at radius 3 is 2.71 bits per heavy atom. The summed E-state index contributed by atoms with van der Waals surface area (Å²) in [6.07, 6.45) is 6.45. The van der Waals surface area contributed by atoms with Gasteiger partial charge in [-0.2, -0.15) is 0 Å². The quantitative estimate of drug-likeness (QED) is 0.777. The molecule has 1 atom stereocenters. The van der Waals surface area contributed by atoms with Crippen LogP contribution in [0.4, 0.5) is 0 Å². The summed E-state index contributed by atoms with van der Waals surface area (Å²) in [4.78, 5) is 28.8. The number of amides is 2. The van der Waals surface area contributed by atoms with Crippen molar-refractivity contribution in [3.63, 3.8) is 0 Å². The highest BCUT2D eigenvalue weighted by molar-refractivity contribution is 6.05. The van der Waals surface area contributed by atoms with Crippen LogP contribution < -0.4 is 15.4 Å². The summed E-state index contributed by atoms with van der Waals surface area (Å²) < 4.78 is 5.87. The first kappa shape index (κ1) is 15.6. The van der Waals surface area contributed by atoms with E-state index in [1.807, 2.05) is 6.07 Å². The minimum Gasteiger partial charge on any atom is -0.477 e. The molecule has 2 heterocycles. The lowest BCUT2D eigenvalue weighted by molar-refractivity contribution is -0.121. The van der Waals surface area contributed by atoms with Crippen LogP contribution in [0.3, 0.4) is 0 Å². The van der Waals surface area contributed by atoms with Crippen LogP contribution in [-0.2, 0) is 4.79 Å². The number of ether oxygens (including phenoxy) is 1. The van der Waals surface area contributed by atoms with E-state index >= 15 is 0 Å². The van der Waals surface area contributed by atoms with Crippen molar-refractivity contribution in [1.29, 1.82) is 0 Å². The topological polar surface area (TPSA) is 80.3 Å². The van der Waals surface area contributed by atoms with E-state index in [1.165, 1.54) is 12.8 Å². The molecule has 1 aliphatic heterocycles. The van der Waals surface area contributed by atoms with Gasteiger partial charge >= 0.3 is 0 Å². The van der Waals surface area contributed by atoms with Crippen molar-refractivity contribution < 1.29 is 14.3 Å². The summed E-state index contributed by atoms with van der Waals surface area (Å²) in [5.41, 5.74) is 1.34. The van der Waals surface area contributed by atoms with Crippen molar-refractivity contribution in [2.45, 2.75) is 50.5 Å². The number of hydrogen-bond donors (Lipinski definition) is 2. The number of rotatable bonds is 6. The van der Waals surface area contributed by atoms with Gasteiger partial charge in [0.05, 0.1) is 12.6 Å². The Morgan fingerprint density at radius 2 is 2.04 bits per heavy atom. The molecule has 1 aromatic rings. The zero-order chi connectivity index (χ0) is 16.5. The summed E-state index contributed by atoms with van der Waals surface area (Å²) in [7, 11) is 0. The molecule has 2 aliphatic carbocycles. The average molecular weight is 329 g/mol. The van der Waals surface area contributed by atoms with Gasteiger partial charge in [0, 0.05) is 5.56 Å². The lowest BCUT2D eigenvalue weighted by Crippen LogP contribution is -2.43. The Morgan fingerprint density at radius 1 is 1.21 bits per heavy atom. The fourth-order valence-corrected chi connectivity index (χ4v) is 3.05. The van der Waals surface area contributed by atoms with E-state index in [4.69, 9.17) is 4.74 Å². The van der Waals surface area contributed by atoms with E-state index < -0.39 is 5.91 Å². The maximum atomic E-state index is 12.3. The van der Waals surface area contributed by atoms with Crippen molar-refractivity contribution in [2.75, 3.05) is 13.2 Å². The van der Waals surface area contributed by atoms with Gasteiger partial charge in [-0.25, -0.2) is 4.98 Å². The molecule has 0 bridgehead atoms. The fourth-order valence-electron chi connectivity index (χ4n) is 3.05. The molecule has 0 radical (unpaired) electrons. The third kappa shape index (κ3) is 3.59. The highest BCUT2D eigenvalue weighted by Gasteiger charge is 2.30. The number of carbonyl (C=O) groups is 2. The van der Waals surface area contributed by atoms with Crippen LogP contribution in [0, 0.1) is 5.92 Å². The van der Waals surface area contributed by atoms with Gasteiger partial charge in [-0.3, -0.25) is 14.9 Å². The standard InChI is InChI=1S/C18H23N3O3/c22-16(14-2-1-9-19-14)21-17(23)15-8-7-13(12-5-6-12)18(20-15)24-10-11-3-4-11/h7-8,11-12,14,19H,1-6,9-10H2,(H,21,22,23)/t14-/m0/s1. The Bertz CT molecular complexity index is 647. The first-order chi connectivity index (χ1) is 11.7. The lowest BCUT2D eigenvalue weighted by Gasteiger charge is -2.13. The predicted molar refractivity (Wildman–Crippen MR) is 87.9 cm³/mol. The fraction of sp³-hybridized carbons (Fsp3) is 0.611. The Balaban J connectivity index is 1.45. The van der Waals surface area contributed by atoms with Crippen molar-refractivity contribution in [3.05, 3.63) is 23.4 Å². The molecule has 2 saturated carbocycles. The van der Waals surface area contributed by atoms with Crippen molar-refractivity contribution in [2.24, 2.45) is 5.92 Å². The van der Waals surface area contributed by atoms with Crippen molar-refractivity contribution in [3.8, 4) is 5.88 Å². The van der Waals surface area contributed by atoms with E-state index in [0.717, 1.165) is 37.8 Å². The highest BCUT2D eigenvalue weighted by Crippen LogP contribution is 2.44. The van der Waals surface area contributed by atoms with Gasteiger partial charge in [-0.1, -0.05) is 6.07 Å². The molecule has 1 saturated heterocycles. The van der Waals surface area contributed by atoms with Crippen molar-refractivity contribution in [1.82, 2.24) is 15.6 Å². The second kappa shape index (κ2) is 6.51. The molecule has 3 aliphatic rings. The molecule has 3 fully saturated rings. The SMILES string of the molecule is O=C(NC(=O)[C@@H]1CCCN1)c1ccc(C2CC2)c(OCC2CC2)n1. The van der Waals surface area contributed by atoms with Gasteiger partial charge in [0.25, 0.3) is 5.91 Å². The number of nitrogens with zero attached hydrogens (tertiary/aromatic N) is 1. The third-order valence-electron chi connectivity index (χ3n) is 4.91. The van der Waals surface area contributed by atoms with E-state index in [2.05, 4.69) is 15.6 Å². The van der Waals surface area contributed by atoms with E-state index in [-0.39, 0.29) is 17.6 Å². The maximum Gasteiger partial charge on any atom is 0.276 e. The molecule has 24 heavy (non-hydrogen) atoms. The summed E-state index contributed by atoms with van der Waals surface area (Å²) in [6, 6.07) is 3.35. The second-order valence-corrected chi connectivity index (χ2v) is 7.09. The van der Waals surface area contributed by atoms with Crippen molar-refractivity contribution >= 4 is 11.8 Å². The van der Waals surface area contributed by atoms with E-state index in [9.17, 15) is 9.59 Å². The van der Waals surface area contributed by atoms with Crippen LogP contribution in [0.25, 0.3) is 0 Å². The zero-order valence-electron chi connectivity index (χ0n) is 13.7. The van der Waals surface area contributed by atoms with Gasteiger partial charge < -0.3 is 10.1 Å². The van der Waals surface area contributed by atoms with Gasteiger partial charge in [-0.15, -0.1) is 0 Å². The first-order valence-corrected chi connectivity index (χ1v) is 8.93. The van der Waals surface area contributed by atoms with Gasteiger partial charge in [0.2, 0.25) is 11.8 Å². The number of aromatic nitrogens is 1. The molecule has 6 heteroatoms. The highest BCUT2D eigenvalue weighted by atomic mass is 16.5. The number of pyridine rings is 1. The van der Waals surface area contributed by atoms with Gasteiger partial charge in [0.15, 0.2) is 0 Å². The van der Waals surface area contributed by atoms with Crippen LogP contribution in [0.5, 0.6) is 5.88 Å². The molecule has 128 valence electrons. The van der Waals surface area contributed by atoms with Gasteiger partial charge in [0.1, 0.15) is 5.69 Å². The molecule has 0 aromatic carbocycles. The lowest BCUT2D eigenvalue weighted by atomic mass is 10.1. The molecule has 0 unspecified atom stereocenters. The number of hydrogen-bond acceptors (Lipinski definition) is 5. The average Bonchev–Trinajstić information content (AvgIpc) is 3.52. The van der Waals surface area contributed by atoms with Crippen LogP contribution in [-0.4, -0.2) is 36.0 Å². The van der Waals surface area contributed by atoms with Crippen LogP contribution in [0.1, 0.15) is 60.5 Å². The predicted octanol–water partition coefficient (Wildman–Crippen LogP) is 1.76.